The number of hydrogen-bond acceptors (Lipinski definition) is 5. The van der Waals surface area contributed by atoms with E-state index in [0.717, 1.165) is 29.4 Å². The molecule has 3 nitrogen and oxygen atoms in total. The van der Waals surface area contributed by atoms with Gasteiger partial charge in [-0.3, -0.25) is 0 Å². The van der Waals surface area contributed by atoms with Crippen LogP contribution in [0.5, 0.6) is 0 Å². The number of benzene rings is 1. The van der Waals surface area contributed by atoms with Gasteiger partial charge in [-0.1, -0.05) is 30.0 Å². The van der Waals surface area contributed by atoms with Crippen molar-refractivity contribution < 1.29 is 13.2 Å². The van der Waals surface area contributed by atoms with E-state index in [1.54, 1.807) is 6.07 Å². The van der Waals surface area contributed by atoms with Crippen LogP contribution in [-0.2, 0) is 11.9 Å². The fraction of sp³-hybridized carbons (Fsp3) is 0.200. The van der Waals surface area contributed by atoms with E-state index in [2.05, 4.69) is 9.36 Å². The predicted molar refractivity (Wildman–Crippen MR) is 65.3 cm³/mol. The minimum absolute atomic E-state index is 0.159. The van der Waals surface area contributed by atoms with Crippen molar-refractivity contribution in [3.05, 3.63) is 35.4 Å². The molecule has 1 aromatic heterocycles. The van der Waals surface area contributed by atoms with Crippen molar-refractivity contribution in [1.82, 2.24) is 9.36 Å². The van der Waals surface area contributed by atoms with Gasteiger partial charge in [-0.05, 0) is 11.6 Å². The maximum atomic E-state index is 12.7. The number of thioether (sulfide) groups is 1. The van der Waals surface area contributed by atoms with E-state index >= 15 is 0 Å². The smallest absolute Gasteiger partial charge is 0.374 e. The monoisotopic (exact) mass is 291 g/mol. The maximum absolute atomic E-state index is 12.7. The lowest BCUT2D eigenvalue weighted by atomic mass is 10.1. The van der Waals surface area contributed by atoms with Crippen LogP contribution in [0, 0.1) is 0 Å². The lowest BCUT2D eigenvalue weighted by Gasteiger charge is -2.11. The SMILES string of the molecule is Nc1nc(SCc2ccccc2C(F)(F)F)ns1. The number of hydrogen-bond donors (Lipinski definition) is 1. The summed E-state index contributed by atoms with van der Waals surface area (Å²) >= 11 is 2.16. The molecule has 0 saturated carbocycles. The van der Waals surface area contributed by atoms with Gasteiger partial charge in [0.25, 0.3) is 0 Å². The molecule has 0 aliphatic rings. The molecule has 8 heteroatoms. The molecule has 0 fully saturated rings. The fourth-order valence-electron chi connectivity index (χ4n) is 1.34. The first-order chi connectivity index (χ1) is 8.47. The first-order valence-corrected chi connectivity index (χ1v) is 6.60. The first kappa shape index (κ1) is 13.2. The van der Waals surface area contributed by atoms with Crippen LogP contribution in [0.25, 0.3) is 0 Å². The molecular weight excluding hydrogens is 283 g/mol. The Morgan fingerprint density at radius 1 is 1.28 bits per heavy atom. The van der Waals surface area contributed by atoms with Gasteiger partial charge in [-0.2, -0.15) is 22.5 Å². The standard InChI is InChI=1S/C10H8F3N3S2/c11-10(12,13)7-4-2-1-3-6(7)5-17-9-15-8(14)18-16-9/h1-4H,5H2,(H2,14,15,16). The minimum atomic E-state index is -4.34. The Kier molecular flexibility index (Phi) is 3.76. The summed E-state index contributed by atoms with van der Waals surface area (Å²) in [5.74, 6) is 0.159. The van der Waals surface area contributed by atoms with Crippen molar-refractivity contribution >= 4 is 28.4 Å². The van der Waals surface area contributed by atoms with Gasteiger partial charge in [-0.15, -0.1) is 0 Å². The summed E-state index contributed by atoms with van der Waals surface area (Å²) in [5, 5.41) is 0.705. The van der Waals surface area contributed by atoms with Crippen LogP contribution < -0.4 is 5.73 Å². The molecule has 0 spiro atoms. The van der Waals surface area contributed by atoms with Crippen molar-refractivity contribution in [1.29, 1.82) is 0 Å². The Hall–Kier alpha value is -1.28. The van der Waals surface area contributed by atoms with Gasteiger partial charge in [0.2, 0.25) is 10.3 Å². The third-order valence-corrected chi connectivity index (χ3v) is 3.66. The molecule has 1 aromatic carbocycles. The maximum Gasteiger partial charge on any atom is 0.416 e. The highest BCUT2D eigenvalue weighted by molar-refractivity contribution is 7.98. The topological polar surface area (TPSA) is 51.8 Å². The second kappa shape index (κ2) is 5.15. The van der Waals surface area contributed by atoms with Crippen molar-refractivity contribution in [2.45, 2.75) is 17.1 Å². The molecule has 18 heavy (non-hydrogen) atoms. The van der Waals surface area contributed by atoms with Crippen LogP contribution in [0.1, 0.15) is 11.1 Å². The molecule has 1 heterocycles. The molecule has 0 radical (unpaired) electrons. The van der Waals surface area contributed by atoms with Gasteiger partial charge < -0.3 is 5.73 Å². The Morgan fingerprint density at radius 3 is 2.61 bits per heavy atom. The molecule has 0 aliphatic heterocycles. The molecule has 0 bridgehead atoms. The van der Waals surface area contributed by atoms with Gasteiger partial charge in [0.05, 0.1) is 5.56 Å². The average molecular weight is 291 g/mol. The van der Waals surface area contributed by atoms with Crippen molar-refractivity contribution in [2.24, 2.45) is 0 Å². The summed E-state index contributed by atoms with van der Waals surface area (Å²) in [7, 11) is 0. The number of anilines is 1. The second-order valence-corrected chi connectivity index (χ2v) is 5.08. The van der Waals surface area contributed by atoms with E-state index < -0.39 is 11.7 Å². The molecule has 96 valence electrons. The minimum Gasteiger partial charge on any atom is -0.374 e. The van der Waals surface area contributed by atoms with Crippen molar-refractivity contribution in [3.8, 4) is 0 Å². The number of halogens is 3. The van der Waals surface area contributed by atoms with Crippen molar-refractivity contribution in [2.75, 3.05) is 5.73 Å². The highest BCUT2D eigenvalue weighted by Crippen LogP contribution is 2.34. The Bertz CT molecular complexity index is 539. The third-order valence-electron chi connectivity index (χ3n) is 2.10. The molecule has 2 N–H and O–H groups in total. The van der Waals surface area contributed by atoms with Crippen LogP contribution in [0.2, 0.25) is 0 Å². The van der Waals surface area contributed by atoms with Crippen LogP contribution in [0.3, 0.4) is 0 Å². The predicted octanol–water partition coefficient (Wildman–Crippen LogP) is 3.43. The van der Waals surface area contributed by atoms with Gasteiger partial charge >= 0.3 is 6.18 Å². The van der Waals surface area contributed by atoms with E-state index in [-0.39, 0.29) is 11.3 Å². The third kappa shape index (κ3) is 3.14. The lowest BCUT2D eigenvalue weighted by molar-refractivity contribution is -0.138. The first-order valence-electron chi connectivity index (χ1n) is 4.84. The van der Waals surface area contributed by atoms with Crippen molar-refractivity contribution in [3.63, 3.8) is 0 Å². The number of nitrogens with zero attached hydrogens (tertiary/aromatic N) is 2. The Labute approximate surface area is 109 Å². The van der Waals surface area contributed by atoms with Crippen LogP contribution in [0.15, 0.2) is 29.4 Å². The average Bonchev–Trinajstić information content (AvgIpc) is 2.72. The van der Waals surface area contributed by atoms with Gasteiger partial charge in [0.15, 0.2) is 0 Å². The molecular formula is C10H8F3N3S2. The lowest BCUT2D eigenvalue weighted by Crippen LogP contribution is -2.08. The van der Waals surface area contributed by atoms with Gasteiger partial charge in [0.1, 0.15) is 0 Å². The van der Waals surface area contributed by atoms with E-state index in [1.807, 2.05) is 0 Å². The molecule has 0 aliphatic carbocycles. The molecule has 0 unspecified atom stereocenters. The summed E-state index contributed by atoms with van der Waals surface area (Å²) < 4.78 is 42.1. The van der Waals surface area contributed by atoms with E-state index in [9.17, 15) is 13.2 Å². The summed E-state index contributed by atoms with van der Waals surface area (Å²) in [6, 6.07) is 5.47. The second-order valence-electron chi connectivity index (χ2n) is 3.36. The highest BCUT2D eigenvalue weighted by Gasteiger charge is 2.32. The summed E-state index contributed by atoms with van der Waals surface area (Å²) in [4.78, 5) is 3.88. The molecule has 2 rings (SSSR count). The zero-order chi connectivity index (χ0) is 13.2. The van der Waals surface area contributed by atoms with Gasteiger partial charge in [-0.25, -0.2) is 0 Å². The van der Waals surface area contributed by atoms with Gasteiger partial charge in [0, 0.05) is 17.3 Å². The quantitative estimate of drug-likeness (QED) is 0.880. The van der Waals surface area contributed by atoms with E-state index in [1.165, 1.54) is 12.1 Å². The normalized spacial score (nSPS) is 11.7. The van der Waals surface area contributed by atoms with E-state index in [4.69, 9.17) is 5.73 Å². The number of rotatable bonds is 3. The van der Waals surface area contributed by atoms with Crippen LogP contribution in [-0.4, -0.2) is 9.36 Å². The molecule has 0 amide bonds. The zero-order valence-electron chi connectivity index (χ0n) is 8.94. The molecule has 0 saturated heterocycles. The number of aromatic nitrogens is 2. The van der Waals surface area contributed by atoms with Crippen LogP contribution in [0.4, 0.5) is 18.3 Å². The number of nitrogens with two attached hydrogens (primary N) is 1. The summed E-state index contributed by atoms with van der Waals surface area (Å²) in [6.07, 6.45) is -4.34. The van der Waals surface area contributed by atoms with E-state index in [0.29, 0.717) is 10.3 Å². The fourth-order valence-corrected chi connectivity index (χ4v) is 2.76. The molecule has 2 aromatic rings. The summed E-state index contributed by atoms with van der Waals surface area (Å²) in [6.45, 7) is 0. The Morgan fingerprint density at radius 2 is 2.00 bits per heavy atom. The summed E-state index contributed by atoms with van der Waals surface area (Å²) in [5.41, 5.74) is 4.99. The van der Waals surface area contributed by atoms with Crippen LogP contribution >= 0.6 is 23.3 Å². The number of nitrogen functional groups attached to an aromatic ring is 1. The Balaban J connectivity index is 2.14. The largest absolute Gasteiger partial charge is 0.416 e. The zero-order valence-corrected chi connectivity index (χ0v) is 10.6. The highest BCUT2D eigenvalue weighted by atomic mass is 32.2. The molecule has 0 atom stereocenters. The number of alkyl halides is 3.